The summed E-state index contributed by atoms with van der Waals surface area (Å²) >= 11 is 0. The number of aliphatic imine (C=N–C) groups is 1. The second-order valence-corrected chi connectivity index (χ2v) is 7.50. The summed E-state index contributed by atoms with van der Waals surface area (Å²) in [6.45, 7) is 12.1. The number of benzene rings is 1. The Morgan fingerprint density at radius 1 is 1.31 bits per heavy atom. The lowest BCUT2D eigenvalue weighted by molar-refractivity contribution is 0.0597. The summed E-state index contributed by atoms with van der Waals surface area (Å²) in [5.41, 5.74) is 1.33. The first-order chi connectivity index (χ1) is 13.4. The van der Waals surface area contributed by atoms with Gasteiger partial charge in [-0.05, 0) is 44.4 Å². The molecule has 0 radical (unpaired) electrons. The molecule has 0 aromatic heterocycles. The summed E-state index contributed by atoms with van der Waals surface area (Å²) in [5.74, 6) is 1.43. The average Bonchev–Trinajstić information content (AvgIpc) is 3.06. The van der Waals surface area contributed by atoms with Crippen LogP contribution in [0.3, 0.4) is 0 Å². The second-order valence-electron chi connectivity index (χ2n) is 7.50. The van der Waals surface area contributed by atoms with Crippen molar-refractivity contribution in [3.05, 3.63) is 29.3 Å². The Bertz CT molecular complexity index is 697. The second kappa shape index (κ2) is 12.2. The van der Waals surface area contributed by atoms with Gasteiger partial charge in [0, 0.05) is 31.7 Å². The zero-order chi connectivity index (χ0) is 20.7. The van der Waals surface area contributed by atoms with E-state index in [1.165, 1.54) is 14.2 Å². The Hall–Kier alpha value is -1.55. The highest BCUT2D eigenvalue weighted by Gasteiger charge is 2.31. The number of nitrogens with one attached hydrogen (secondary N) is 2. The van der Waals surface area contributed by atoms with Gasteiger partial charge in [-0.15, -0.1) is 24.0 Å². The van der Waals surface area contributed by atoms with Crippen LogP contribution in [0.25, 0.3) is 0 Å². The Labute approximate surface area is 191 Å². The van der Waals surface area contributed by atoms with Crippen molar-refractivity contribution in [2.45, 2.75) is 46.3 Å². The van der Waals surface area contributed by atoms with Crippen LogP contribution in [0.5, 0.6) is 5.75 Å². The first kappa shape index (κ1) is 25.5. The van der Waals surface area contributed by atoms with Crippen molar-refractivity contribution in [2.75, 3.05) is 33.9 Å². The normalized spacial score (nSPS) is 19.6. The number of carbonyl (C=O) groups is 1. The van der Waals surface area contributed by atoms with Gasteiger partial charge < -0.3 is 20.1 Å². The van der Waals surface area contributed by atoms with E-state index in [0.717, 1.165) is 31.2 Å². The molecule has 164 valence electrons. The number of methoxy groups -OCH3 is 2. The van der Waals surface area contributed by atoms with Crippen LogP contribution < -0.4 is 15.4 Å². The summed E-state index contributed by atoms with van der Waals surface area (Å²) in [7, 11) is 2.90. The summed E-state index contributed by atoms with van der Waals surface area (Å²) in [6, 6.07) is 6.37. The third kappa shape index (κ3) is 7.02. The van der Waals surface area contributed by atoms with Crippen molar-refractivity contribution in [3.8, 4) is 5.75 Å². The fourth-order valence-corrected chi connectivity index (χ4v) is 3.40. The number of esters is 1. The molecule has 2 N–H and O–H groups in total. The number of likely N-dealkylation sites (tertiary alicyclic amines) is 1. The molecule has 1 fully saturated rings. The molecule has 1 aromatic rings. The lowest BCUT2D eigenvalue weighted by atomic mass is 10.1. The predicted octanol–water partition coefficient (Wildman–Crippen LogP) is 2.88. The summed E-state index contributed by atoms with van der Waals surface area (Å²) < 4.78 is 10.1. The van der Waals surface area contributed by atoms with Crippen LogP contribution in [0.15, 0.2) is 23.2 Å². The number of carbonyl (C=O) groups excluding carboxylic acids is 1. The van der Waals surface area contributed by atoms with E-state index in [1.54, 1.807) is 12.1 Å². The third-order valence-electron chi connectivity index (χ3n) is 5.13. The fraction of sp³-hybridized carbons (Fsp3) is 0.619. The van der Waals surface area contributed by atoms with Gasteiger partial charge in [-0.1, -0.05) is 13.0 Å². The van der Waals surface area contributed by atoms with Crippen molar-refractivity contribution < 1.29 is 14.3 Å². The van der Waals surface area contributed by atoms with Crippen molar-refractivity contribution in [3.63, 3.8) is 0 Å². The van der Waals surface area contributed by atoms with Crippen molar-refractivity contribution in [1.82, 2.24) is 15.5 Å². The van der Waals surface area contributed by atoms with Gasteiger partial charge in [-0.25, -0.2) is 9.79 Å². The summed E-state index contributed by atoms with van der Waals surface area (Å²) in [5, 5.41) is 6.89. The average molecular weight is 518 g/mol. The van der Waals surface area contributed by atoms with Crippen LogP contribution in [0.2, 0.25) is 0 Å². The Morgan fingerprint density at radius 2 is 2.03 bits per heavy atom. The zero-order valence-electron chi connectivity index (χ0n) is 18.3. The van der Waals surface area contributed by atoms with E-state index in [2.05, 4.69) is 43.2 Å². The Balaban J connectivity index is 0.00000420. The Kier molecular flexibility index (Phi) is 10.7. The molecule has 1 aliphatic rings. The van der Waals surface area contributed by atoms with Gasteiger partial charge in [-0.3, -0.25) is 4.90 Å². The quantitative estimate of drug-likeness (QED) is 0.250. The molecule has 0 spiro atoms. The first-order valence-corrected chi connectivity index (χ1v) is 9.93. The van der Waals surface area contributed by atoms with Gasteiger partial charge in [0.25, 0.3) is 0 Å². The first-order valence-electron chi connectivity index (χ1n) is 9.93. The molecule has 7 nitrogen and oxygen atoms in total. The van der Waals surface area contributed by atoms with Crippen LogP contribution in [-0.4, -0.2) is 62.8 Å². The molecule has 2 atom stereocenters. The monoisotopic (exact) mass is 518 g/mol. The van der Waals surface area contributed by atoms with E-state index in [0.29, 0.717) is 35.9 Å². The molecule has 1 aliphatic heterocycles. The van der Waals surface area contributed by atoms with E-state index < -0.39 is 5.97 Å². The molecule has 8 heteroatoms. The highest BCUT2D eigenvalue weighted by molar-refractivity contribution is 14.0. The van der Waals surface area contributed by atoms with Crippen molar-refractivity contribution >= 4 is 35.9 Å². The van der Waals surface area contributed by atoms with Crippen molar-refractivity contribution in [2.24, 2.45) is 10.9 Å². The largest absolute Gasteiger partial charge is 0.496 e. The maximum absolute atomic E-state index is 12.0. The van der Waals surface area contributed by atoms with E-state index >= 15 is 0 Å². The lowest BCUT2D eigenvalue weighted by Gasteiger charge is -2.22. The van der Waals surface area contributed by atoms with Crippen LogP contribution in [0, 0.1) is 5.92 Å². The van der Waals surface area contributed by atoms with Crippen molar-refractivity contribution in [1.29, 1.82) is 0 Å². The van der Waals surface area contributed by atoms with E-state index in [-0.39, 0.29) is 24.0 Å². The number of hydrogen-bond acceptors (Lipinski definition) is 5. The zero-order valence-corrected chi connectivity index (χ0v) is 20.7. The maximum atomic E-state index is 12.0. The number of nitrogens with zero attached hydrogens (tertiary/aromatic N) is 2. The van der Waals surface area contributed by atoms with Gasteiger partial charge in [-0.2, -0.15) is 0 Å². The number of hydrogen-bond donors (Lipinski definition) is 2. The third-order valence-corrected chi connectivity index (χ3v) is 5.13. The van der Waals surface area contributed by atoms with Crippen LogP contribution >= 0.6 is 24.0 Å². The molecule has 29 heavy (non-hydrogen) atoms. The fourth-order valence-electron chi connectivity index (χ4n) is 3.40. The highest BCUT2D eigenvalue weighted by atomic mass is 127. The van der Waals surface area contributed by atoms with E-state index in [4.69, 9.17) is 14.5 Å². The Morgan fingerprint density at radius 3 is 2.59 bits per heavy atom. The van der Waals surface area contributed by atoms with Gasteiger partial charge in [0.05, 0.1) is 20.8 Å². The topological polar surface area (TPSA) is 75.2 Å². The summed E-state index contributed by atoms with van der Waals surface area (Å²) in [4.78, 5) is 19.2. The number of guanidine groups is 1. The minimum absolute atomic E-state index is 0. The summed E-state index contributed by atoms with van der Waals surface area (Å²) in [6.07, 6.45) is 0. The molecule has 0 amide bonds. The van der Waals surface area contributed by atoms with Gasteiger partial charge in [0.1, 0.15) is 11.3 Å². The molecule has 1 saturated heterocycles. The lowest BCUT2D eigenvalue weighted by Crippen LogP contribution is -2.46. The minimum atomic E-state index is -0.415. The van der Waals surface area contributed by atoms with Gasteiger partial charge in [0.2, 0.25) is 0 Å². The van der Waals surface area contributed by atoms with Crippen LogP contribution in [0.1, 0.15) is 43.6 Å². The van der Waals surface area contributed by atoms with Crippen LogP contribution in [-0.2, 0) is 11.3 Å². The smallest absolute Gasteiger partial charge is 0.341 e. The number of ether oxygens (including phenoxy) is 2. The number of halogens is 1. The molecular weight excluding hydrogens is 483 g/mol. The molecular formula is C21H35IN4O3. The number of rotatable bonds is 7. The van der Waals surface area contributed by atoms with E-state index in [9.17, 15) is 4.79 Å². The predicted molar refractivity (Wildman–Crippen MR) is 127 cm³/mol. The van der Waals surface area contributed by atoms with Crippen LogP contribution in [0.4, 0.5) is 0 Å². The molecule has 1 heterocycles. The molecule has 2 unspecified atom stereocenters. The molecule has 0 saturated carbocycles. The highest BCUT2D eigenvalue weighted by Crippen LogP contribution is 2.21. The standard InChI is InChI=1S/C21H34N4O3.HI/c1-7-22-21(24-18-13-25(14(2)3)12-15(18)4)23-11-16-8-9-19(27-5)17(10-16)20(26)28-6;/h8-10,14-15,18H,7,11-13H2,1-6H3,(H2,22,23,24);1H. The van der Waals surface area contributed by atoms with Gasteiger partial charge in [0.15, 0.2) is 5.96 Å². The molecule has 2 rings (SSSR count). The molecule has 0 bridgehead atoms. The van der Waals surface area contributed by atoms with E-state index in [1.807, 2.05) is 6.07 Å². The molecule has 1 aromatic carbocycles. The minimum Gasteiger partial charge on any atom is -0.496 e. The molecule has 0 aliphatic carbocycles. The maximum Gasteiger partial charge on any atom is 0.341 e. The van der Waals surface area contributed by atoms with Gasteiger partial charge >= 0.3 is 5.97 Å². The SMILES string of the molecule is CCNC(=NCc1ccc(OC)c(C(=O)OC)c1)NC1CN(C(C)C)CC1C.I.